The average Bonchev–Trinajstić information content (AvgIpc) is 3.40. The van der Waals surface area contributed by atoms with Gasteiger partial charge in [-0.15, -0.1) is 0 Å². The molecule has 3 N–H and O–H groups in total. The van der Waals surface area contributed by atoms with Crippen LogP contribution in [0.4, 0.5) is 0 Å². The van der Waals surface area contributed by atoms with Crippen LogP contribution in [0.25, 0.3) is 0 Å². The lowest BCUT2D eigenvalue weighted by Crippen LogP contribution is -2.50. The molecule has 1 aromatic rings. The number of rotatable bonds is 9. The van der Waals surface area contributed by atoms with Crippen LogP contribution in [0.3, 0.4) is 0 Å². The maximum atomic E-state index is 12.4. The summed E-state index contributed by atoms with van der Waals surface area (Å²) in [7, 11) is 3.00. The Morgan fingerprint density at radius 1 is 1.27 bits per heavy atom. The summed E-state index contributed by atoms with van der Waals surface area (Å²) in [6, 6.07) is 3.75. The lowest BCUT2D eigenvalue weighted by Gasteiger charge is -2.32. The second-order valence-corrected chi connectivity index (χ2v) is 6.48. The Morgan fingerprint density at radius 2 is 1.92 bits per heavy atom. The summed E-state index contributed by atoms with van der Waals surface area (Å²) in [5.74, 6) is -0.336. The Kier molecular flexibility index (Phi) is 8.84. The van der Waals surface area contributed by atoms with E-state index in [1.165, 1.54) is 31.2 Å². The van der Waals surface area contributed by atoms with Gasteiger partial charge in [-0.1, -0.05) is 13.8 Å². The molecule has 0 bridgehead atoms. The highest BCUT2D eigenvalue weighted by atomic mass is 16.5. The zero-order valence-electron chi connectivity index (χ0n) is 16.1. The van der Waals surface area contributed by atoms with Crippen LogP contribution in [-0.4, -0.2) is 72.3 Å². The summed E-state index contributed by atoms with van der Waals surface area (Å²) in [4.78, 5) is 13.7. The van der Waals surface area contributed by atoms with Crippen LogP contribution < -0.4 is 0 Å². The second-order valence-electron chi connectivity index (χ2n) is 6.48. The van der Waals surface area contributed by atoms with Crippen molar-refractivity contribution in [3.63, 3.8) is 0 Å². The van der Waals surface area contributed by atoms with Gasteiger partial charge in [0.2, 0.25) is 0 Å². The molecular formula is C19H31NO6. The second kappa shape index (κ2) is 10.4. The summed E-state index contributed by atoms with van der Waals surface area (Å²) >= 11 is 0. The predicted molar refractivity (Wildman–Crippen MR) is 98.4 cm³/mol. The molecule has 0 saturated heterocycles. The molecule has 1 atom stereocenters. The Bertz CT molecular complexity index is 575. The molecule has 1 unspecified atom stereocenters. The first-order chi connectivity index (χ1) is 12.3. The highest BCUT2D eigenvalue weighted by molar-refractivity contribution is 5.96. The zero-order valence-corrected chi connectivity index (χ0v) is 16.1. The third kappa shape index (κ3) is 6.82. The number of likely N-dealkylation sites (N-methyl/N-ethyl adjacent to an activating group) is 1. The smallest absolute Gasteiger partial charge is 0.257 e. The van der Waals surface area contributed by atoms with Gasteiger partial charge in [0.25, 0.3) is 5.91 Å². The van der Waals surface area contributed by atoms with E-state index in [0.717, 1.165) is 18.9 Å². The Hall–Kier alpha value is -1.83. The first kappa shape index (κ1) is 22.2. The first-order valence-electron chi connectivity index (χ1n) is 8.91. The molecule has 7 nitrogen and oxygen atoms in total. The van der Waals surface area contributed by atoms with E-state index in [1.807, 2.05) is 13.8 Å². The number of ether oxygens (including phenoxy) is 2. The molecular weight excluding hydrogens is 338 g/mol. The highest BCUT2D eigenvalue weighted by Crippen LogP contribution is 2.29. The number of carbonyl (C=O) groups is 1. The molecule has 148 valence electrons. The molecule has 1 aliphatic rings. The van der Waals surface area contributed by atoms with Gasteiger partial charge in [-0.05, 0) is 30.9 Å². The number of phenolic OH excluding ortho intramolecular Hbond substituents is 2. The van der Waals surface area contributed by atoms with Crippen molar-refractivity contribution >= 4 is 5.91 Å². The minimum absolute atomic E-state index is 0.00927. The van der Waals surface area contributed by atoms with Gasteiger partial charge in [0.05, 0.1) is 25.3 Å². The van der Waals surface area contributed by atoms with Gasteiger partial charge in [0, 0.05) is 26.8 Å². The standard InChI is InChI=1S/C17H25NO6.C2H6/c1-18(16(21)14-6-5-13(19)7-15(14)20)9-17(22,10-23-2)11-24-8-12-3-4-12;1-2/h5-7,12,19-20,22H,3-4,8-11H2,1-2H3;1-2H3. The highest BCUT2D eigenvalue weighted by Gasteiger charge is 2.33. The molecule has 0 radical (unpaired) electrons. The summed E-state index contributed by atoms with van der Waals surface area (Å²) in [5.41, 5.74) is -1.28. The fourth-order valence-electron chi connectivity index (χ4n) is 2.52. The number of aromatic hydroxyl groups is 2. The van der Waals surface area contributed by atoms with Crippen LogP contribution in [0, 0.1) is 5.92 Å². The fourth-order valence-corrected chi connectivity index (χ4v) is 2.52. The van der Waals surface area contributed by atoms with E-state index in [4.69, 9.17) is 9.47 Å². The van der Waals surface area contributed by atoms with Crippen molar-refractivity contribution in [3.8, 4) is 11.5 Å². The molecule has 1 saturated carbocycles. The molecule has 0 aliphatic heterocycles. The Labute approximate surface area is 155 Å². The van der Waals surface area contributed by atoms with Crippen LogP contribution in [-0.2, 0) is 9.47 Å². The molecule has 1 fully saturated rings. The van der Waals surface area contributed by atoms with Crippen LogP contribution in [0.5, 0.6) is 11.5 Å². The molecule has 0 spiro atoms. The monoisotopic (exact) mass is 369 g/mol. The lowest BCUT2D eigenvalue weighted by molar-refractivity contribution is -0.0970. The van der Waals surface area contributed by atoms with Gasteiger partial charge in [-0.2, -0.15) is 0 Å². The van der Waals surface area contributed by atoms with E-state index < -0.39 is 11.5 Å². The van der Waals surface area contributed by atoms with E-state index in [-0.39, 0.29) is 36.8 Å². The molecule has 26 heavy (non-hydrogen) atoms. The number of methoxy groups -OCH3 is 1. The maximum absolute atomic E-state index is 12.4. The zero-order chi connectivity index (χ0) is 19.7. The molecule has 0 heterocycles. The van der Waals surface area contributed by atoms with Gasteiger partial charge in [0.1, 0.15) is 17.1 Å². The van der Waals surface area contributed by atoms with Crippen LogP contribution in [0.1, 0.15) is 37.0 Å². The number of hydrogen-bond acceptors (Lipinski definition) is 6. The summed E-state index contributed by atoms with van der Waals surface area (Å²) in [6.45, 7) is 4.68. The third-order valence-corrected chi connectivity index (χ3v) is 3.92. The van der Waals surface area contributed by atoms with Crippen molar-refractivity contribution in [1.82, 2.24) is 4.90 Å². The minimum Gasteiger partial charge on any atom is -0.508 e. The number of nitrogens with zero attached hydrogens (tertiary/aromatic N) is 1. The molecule has 1 aromatic carbocycles. The maximum Gasteiger partial charge on any atom is 0.257 e. The van der Waals surface area contributed by atoms with Crippen molar-refractivity contribution in [2.75, 3.05) is 40.5 Å². The van der Waals surface area contributed by atoms with Crippen molar-refractivity contribution < 1.29 is 29.6 Å². The average molecular weight is 369 g/mol. The number of benzene rings is 1. The largest absolute Gasteiger partial charge is 0.508 e. The van der Waals surface area contributed by atoms with Crippen molar-refractivity contribution in [1.29, 1.82) is 0 Å². The molecule has 7 heteroatoms. The van der Waals surface area contributed by atoms with Gasteiger partial charge in [0.15, 0.2) is 0 Å². The van der Waals surface area contributed by atoms with Crippen molar-refractivity contribution in [3.05, 3.63) is 23.8 Å². The van der Waals surface area contributed by atoms with E-state index >= 15 is 0 Å². The normalized spacial score (nSPS) is 15.6. The first-order valence-corrected chi connectivity index (χ1v) is 8.91. The fraction of sp³-hybridized carbons (Fsp3) is 0.632. The Morgan fingerprint density at radius 3 is 2.46 bits per heavy atom. The summed E-state index contributed by atoms with van der Waals surface area (Å²) in [6.07, 6.45) is 2.31. The quantitative estimate of drug-likeness (QED) is 0.616. The third-order valence-electron chi connectivity index (χ3n) is 3.92. The SMILES string of the molecule is CC.COCC(O)(COCC1CC1)CN(C)C(=O)c1ccc(O)cc1O. The summed E-state index contributed by atoms with van der Waals surface area (Å²) in [5, 5.41) is 29.8. The van der Waals surface area contributed by atoms with Crippen LogP contribution in [0.2, 0.25) is 0 Å². The lowest BCUT2D eigenvalue weighted by atomic mass is 10.1. The van der Waals surface area contributed by atoms with Crippen molar-refractivity contribution in [2.45, 2.75) is 32.3 Å². The van der Waals surface area contributed by atoms with Gasteiger partial charge in [-0.25, -0.2) is 0 Å². The number of hydrogen-bond donors (Lipinski definition) is 3. The number of amides is 1. The Balaban J connectivity index is 0.00000163. The topological polar surface area (TPSA) is 99.5 Å². The predicted octanol–water partition coefficient (Wildman–Crippen LogP) is 2.00. The van der Waals surface area contributed by atoms with Gasteiger partial charge < -0.3 is 29.7 Å². The van der Waals surface area contributed by atoms with E-state index in [1.54, 1.807) is 0 Å². The van der Waals surface area contributed by atoms with E-state index in [9.17, 15) is 20.1 Å². The van der Waals surface area contributed by atoms with Gasteiger partial charge in [-0.3, -0.25) is 4.79 Å². The molecule has 1 amide bonds. The number of carbonyl (C=O) groups excluding carboxylic acids is 1. The van der Waals surface area contributed by atoms with E-state index in [0.29, 0.717) is 12.5 Å². The molecule has 1 aliphatic carbocycles. The number of phenols is 2. The van der Waals surface area contributed by atoms with E-state index in [2.05, 4.69) is 0 Å². The van der Waals surface area contributed by atoms with Crippen LogP contribution >= 0.6 is 0 Å². The van der Waals surface area contributed by atoms with Crippen LogP contribution in [0.15, 0.2) is 18.2 Å². The molecule has 2 rings (SSSR count). The molecule has 0 aromatic heterocycles. The minimum atomic E-state index is -1.33. The van der Waals surface area contributed by atoms with Crippen molar-refractivity contribution in [2.24, 2.45) is 5.92 Å². The summed E-state index contributed by atoms with van der Waals surface area (Å²) < 4.78 is 10.6. The van der Waals surface area contributed by atoms with Gasteiger partial charge >= 0.3 is 0 Å². The number of aliphatic hydroxyl groups is 1.